The Morgan fingerprint density at radius 2 is 1.95 bits per heavy atom. The average Bonchev–Trinajstić information content (AvgIpc) is 2.89. The number of nitrogens with zero attached hydrogens (tertiary/aromatic N) is 2. The van der Waals surface area contributed by atoms with Crippen molar-refractivity contribution in [2.45, 2.75) is 46.6 Å². The minimum atomic E-state index is -0.380. The minimum Gasteiger partial charge on any atom is -0.446 e. The van der Waals surface area contributed by atoms with Gasteiger partial charge in [-0.15, -0.1) is 0 Å². The summed E-state index contributed by atoms with van der Waals surface area (Å²) in [6.07, 6.45) is 2.76. The Hall–Kier alpha value is -2.10. The van der Waals surface area contributed by atoms with Gasteiger partial charge in [-0.1, -0.05) is 25.1 Å². The maximum absolute atomic E-state index is 12.1. The van der Waals surface area contributed by atoms with Gasteiger partial charge in [-0.2, -0.15) is 0 Å². The van der Waals surface area contributed by atoms with E-state index in [0.29, 0.717) is 5.82 Å². The molecule has 4 nitrogen and oxygen atoms in total. The number of aromatic nitrogens is 2. The van der Waals surface area contributed by atoms with Crippen LogP contribution in [0.5, 0.6) is 0 Å². The van der Waals surface area contributed by atoms with Crippen molar-refractivity contribution < 1.29 is 9.53 Å². The summed E-state index contributed by atoms with van der Waals surface area (Å²) in [6, 6.07) is 6.21. The van der Waals surface area contributed by atoms with Crippen LogP contribution in [0.25, 0.3) is 0 Å². The van der Waals surface area contributed by atoms with Crippen molar-refractivity contribution in [3.8, 4) is 0 Å². The molecule has 1 aromatic carbocycles. The summed E-state index contributed by atoms with van der Waals surface area (Å²) in [5.74, 6) is 0.731. The summed E-state index contributed by atoms with van der Waals surface area (Å²) in [5, 5.41) is 0. The van der Waals surface area contributed by atoms with E-state index in [4.69, 9.17) is 4.74 Å². The predicted molar refractivity (Wildman–Crippen MR) is 82.7 cm³/mol. The van der Waals surface area contributed by atoms with Gasteiger partial charge in [-0.25, -0.2) is 14.3 Å². The zero-order valence-electron chi connectivity index (χ0n) is 13.3. The molecule has 0 radical (unpaired) electrons. The summed E-state index contributed by atoms with van der Waals surface area (Å²) in [7, 11) is 0. The second-order valence-electron chi connectivity index (χ2n) is 5.60. The fraction of sp³-hybridized carbons (Fsp3) is 0.412. The van der Waals surface area contributed by atoms with Crippen molar-refractivity contribution in [3.63, 3.8) is 0 Å². The lowest BCUT2D eigenvalue weighted by atomic mass is 9.93. The minimum absolute atomic E-state index is 0.0274. The van der Waals surface area contributed by atoms with E-state index < -0.39 is 0 Å². The van der Waals surface area contributed by atoms with Gasteiger partial charge in [0.25, 0.3) is 0 Å². The Morgan fingerprint density at radius 3 is 2.62 bits per heavy atom. The molecule has 0 bridgehead atoms. The van der Waals surface area contributed by atoms with E-state index in [0.717, 1.165) is 0 Å². The molecule has 0 N–H and O–H groups in total. The molecule has 0 aliphatic rings. The van der Waals surface area contributed by atoms with E-state index in [9.17, 15) is 4.79 Å². The van der Waals surface area contributed by atoms with Crippen LogP contribution in [0.1, 0.15) is 49.2 Å². The maximum atomic E-state index is 12.1. The molecule has 2 aromatic rings. The first-order valence-corrected chi connectivity index (χ1v) is 7.22. The third kappa shape index (κ3) is 3.15. The maximum Gasteiger partial charge on any atom is 0.419 e. The normalized spacial score (nSPS) is 12.5. The molecular formula is C17H22N2O2. The van der Waals surface area contributed by atoms with Crippen LogP contribution < -0.4 is 0 Å². The fourth-order valence-electron chi connectivity index (χ4n) is 2.43. The lowest BCUT2D eigenvalue weighted by molar-refractivity contribution is 0.116. The van der Waals surface area contributed by atoms with Crippen molar-refractivity contribution in [2.24, 2.45) is 0 Å². The van der Waals surface area contributed by atoms with E-state index in [-0.39, 0.29) is 18.1 Å². The van der Waals surface area contributed by atoms with Gasteiger partial charge in [-0.3, -0.25) is 0 Å². The third-order valence-electron chi connectivity index (χ3n) is 3.70. The summed E-state index contributed by atoms with van der Waals surface area (Å²) in [5.41, 5.74) is 3.65. The lowest BCUT2D eigenvalue weighted by Crippen LogP contribution is -2.21. The van der Waals surface area contributed by atoms with E-state index in [2.05, 4.69) is 37.9 Å². The highest BCUT2D eigenvalue weighted by atomic mass is 16.6. The zero-order valence-corrected chi connectivity index (χ0v) is 13.3. The number of benzene rings is 1. The number of hydrogen-bond acceptors (Lipinski definition) is 3. The highest BCUT2D eigenvalue weighted by molar-refractivity contribution is 5.71. The van der Waals surface area contributed by atoms with Crippen molar-refractivity contribution in [2.75, 3.05) is 0 Å². The van der Waals surface area contributed by atoms with E-state index in [1.165, 1.54) is 21.3 Å². The Morgan fingerprint density at radius 1 is 1.24 bits per heavy atom. The van der Waals surface area contributed by atoms with Gasteiger partial charge in [0.15, 0.2) is 0 Å². The van der Waals surface area contributed by atoms with Gasteiger partial charge < -0.3 is 4.74 Å². The molecule has 1 heterocycles. The van der Waals surface area contributed by atoms with Crippen molar-refractivity contribution in [1.82, 2.24) is 9.55 Å². The third-order valence-corrected chi connectivity index (χ3v) is 3.70. The summed E-state index contributed by atoms with van der Waals surface area (Å²) < 4.78 is 6.75. The van der Waals surface area contributed by atoms with Crippen LogP contribution in [0.15, 0.2) is 30.6 Å². The molecular weight excluding hydrogens is 264 g/mol. The quantitative estimate of drug-likeness (QED) is 0.855. The molecule has 2 rings (SSSR count). The largest absolute Gasteiger partial charge is 0.446 e. The molecule has 112 valence electrons. The predicted octanol–water partition coefficient (Wildman–Crippen LogP) is 4.04. The molecule has 0 fully saturated rings. The molecule has 0 saturated carbocycles. The van der Waals surface area contributed by atoms with Crippen LogP contribution in [0.3, 0.4) is 0 Å². The highest BCUT2D eigenvalue weighted by Crippen LogP contribution is 2.27. The van der Waals surface area contributed by atoms with E-state index in [1.807, 2.05) is 19.9 Å². The van der Waals surface area contributed by atoms with Crippen LogP contribution >= 0.6 is 0 Å². The van der Waals surface area contributed by atoms with Gasteiger partial charge in [0.05, 0.1) is 6.10 Å². The van der Waals surface area contributed by atoms with E-state index in [1.54, 1.807) is 12.4 Å². The zero-order chi connectivity index (χ0) is 15.6. The number of carbonyl (C=O) groups excluding carboxylic acids is 1. The summed E-state index contributed by atoms with van der Waals surface area (Å²) >= 11 is 0. The molecule has 0 aliphatic heterocycles. The van der Waals surface area contributed by atoms with Gasteiger partial charge in [0, 0.05) is 18.3 Å². The molecule has 21 heavy (non-hydrogen) atoms. The first kappa shape index (κ1) is 15.3. The lowest BCUT2D eigenvalue weighted by Gasteiger charge is -2.17. The Kier molecular flexibility index (Phi) is 4.46. The highest BCUT2D eigenvalue weighted by Gasteiger charge is 2.21. The van der Waals surface area contributed by atoms with Gasteiger partial charge in [0.1, 0.15) is 5.82 Å². The second kappa shape index (κ2) is 6.12. The molecule has 0 spiro atoms. The van der Waals surface area contributed by atoms with Crippen LogP contribution in [0, 0.1) is 13.8 Å². The second-order valence-corrected chi connectivity index (χ2v) is 5.60. The SMILES string of the molecule is Cc1cccc(C(C)c2nccn2C(=O)OC(C)C)c1C. The van der Waals surface area contributed by atoms with Crippen LogP contribution in [-0.2, 0) is 4.74 Å². The molecule has 1 atom stereocenters. The Balaban J connectivity index is 2.37. The number of imidazole rings is 1. The number of carbonyl (C=O) groups is 1. The van der Waals surface area contributed by atoms with Crippen molar-refractivity contribution in [3.05, 3.63) is 53.1 Å². The fourth-order valence-corrected chi connectivity index (χ4v) is 2.43. The summed E-state index contributed by atoms with van der Waals surface area (Å²) in [6.45, 7) is 9.92. The molecule has 1 aromatic heterocycles. The first-order chi connectivity index (χ1) is 9.91. The monoisotopic (exact) mass is 286 g/mol. The van der Waals surface area contributed by atoms with E-state index >= 15 is 0 Å². The molecule has 0 amide bonds. The molecule has 0 saturated heterocycles. The standard InChI is InChI=1S/C17H22N2O2/c1-11(2)21-17(20)19-10-9-18-16(19)14(5)15-8-6-7-12(3)13(15)4/h6-11,14H,1-5H3. The van der Waals surface area contributed by atoms with Crippen molar-refractivity contribution in [1.29, 1.82) is 0 Å². The smallest absolute Gasteiger partial charge is 0.419 e. The number of ether oxygens (including phenoxy) is 1. The molecule has 0 aliphatic carbocycles. The first-order valence-electron chi connectivity index (χ1n) is 7.22. The number of aryl methyl sites for hydroxylation is 1. The number of rotatable bonds is 3. The van der Waals surface area contributed by atoms with Gasteiger partial charge >= 0.3 is 6.09 Å². The van der Waals surface area contributed by atoms with Crippen molar-refractivity contribution >= 4 is 6.09 Å². The topological polar surface area (TPSA) is 44.1 Å². The average molecular weight is 286 g/mol. The van der Waals surface area contributed by atoms with Gasteiger partial charge in [0.2, 0.25) is 0 Å². The molecule has 4 heteroatoms. The number of hydrogen-bond donors (Lipinski definition) is 0. The molecule has 1 unspecified atom stereocenters. The summed E-state index contributed by atoms with van der Waals surface area (Å²) in [4.78, 5) is 16.5. The Labute approximate surface area is 125 Å². The van der Waals surface area contributed by atoms with Crippen LogP contribution in [0.2, 0.25) is 0 Å². The Bertz CT molecular complexity index is 644. The van der Waals surface area contributed by atoms with Gasteiger partial charge in [-0.05, 0) is 44.4 Å². The van der Waals surface area contributed by atoms with Crippen LogP contribution in [-0.4, -0.2) is 21.7 Å². The van der Waals surface area contributed by atoms with Crippen LogP contribution in [0.4, 0.5) is 4.79 Å².